The van der Waals surface area contributed by atoms with Gasteiger partial charge in [-0.2, -0.15) is 30.4 Å². The summed E-state index contributed by atoms with van der Waals surface area (Å²) in [6.07, 6.45) is -6.34. The van der Waals surface area contributed by atoms with Crippen LogP contribution in [-0.4, -0.2) is 36.5 Å². The first kappa shape index (κ1) is 18.8. The van der Waals surface area contributed by atoms with Crippen LogP contribution in [0, 0.1) is 29.6 Å². The molecular weight excluding hydrogens is 375 g/mol. The van der Waals surface area contributed by atoms with Gasteiger partial charge in [0.15, 0.2) is 0 Å². The second-order valence-corrected chi connectivity index (χ2v) is 8.65. The van der Waals surface area contributed by atoms with Gasteiger partial charge < -0.3 is 4.74 Å². The van der Waals surface area contributed by atoms with Crippen molar-refractivity contribution in [3.8, 4) is 0 Å². The first-order valence-corrected chi connectivity index (χ1v) is 9.40. The highest BCUT2D eigenvalue weighted by molar-refractivity contribution is 7.86. The lowest BCUT2D eigenvalue weighted by molar-refractivity contribution is -0.261. The average molecular weight is 392 g/mol. The van der Waals surface area contributed by atoms with E-state index in [9.17, 15) is 35.2 Å². The van der Waals surface area contributed by atoms with Crippen molar-refractivity contribution in [3.63, 3.8) is 0 Å². The van der Waals surface area contributed by atoms with Crippen LogP contribution < -0.4 is 0 Å². The molecule has 25 heavy (non-hydrogen) atoms. The predicted octanol–water partition coefficient (Wildman–Crippen LogP) is 3.01. The summed E-state index contributed by atoms with van der Waals surface area (Å²) in [6, 6.07) is 0. The van der Waals surface area contributed by atoms with Gasteiger partial charge in [0.1, 0.15) is 0 Å². The Morgan fingerprint density at radius 2 is 1.64 bits per heavy atom. The third-order valence-electron chi connectivity index (χ3n) is 5.91. The van der Waals surface area contributed by atoms with Crippen molar-refractivity contribution in [2.24, 2.45) is 29.6 Å². The number of carbonyl (C=O) groups excluding carboxylic acids is 1. The Balaban J connectivity index is 1.78. The van der Waals surface area contributed by atoms with Gasteiger partial charge in [-0.3, -0.25) is 9.35 Å². The van der Waals surface area contributed by atoms with Gasteiger partial charge in [0.05, 0.1) is 5.92 Å². The van der Waals surface area contributed by atoms with Crippen molar-refractivity contribution in [3.05, 3.63) is 0 Å². The van der Waals surface area contributed by atoms with Crippen LogP contribution in [0.4, 0.5) is 22.0 Å². The summed E-state index contributed by atoms with van der Waals surface area (Å²) in [5.41, 5.74) is 0. The molecule has 3 fully saturated rings. The van der Waals surface area contributed by atoms with E-state index >= 15 is 0 Å². The Morgan fingerprint density at radius 3 is 2.20 bits per heavy atom. The first-order chi connectivity index (χ1) is 11.3. The molecule has 5 nitrogen and oxygen atoms in total. The van der Waals surface area contributed by atoms with Crippen molar-refractivity contribution >= 4 is 16.1 Å². The lowest BCUT2D eigenvalue weighted by Gasteiger charge is -2.32. The number of hydrogen-bond donors (Lipinski definition) is 1. The molecule has 0 aromatic rings. The number of carbonyl (C=O) groups is 1. The van der Waals surface area contributed by atoms with Crippen molar-refractivity contribution in [2.45, 2.75) is 49.6 Å². The monoisotopic (exact) mass is 392 g/mol. The van der Waals surface area contributed by atoms with Gasteiger partial charge in [0.25, 0.3) is 6.10 Å². The van der Waals surface area contributed by atoms with Crippen LogP contribution in [0.3, 0.4) is 0 Å². The zero-order valence-electron chi connectivity index (χ0n) is 12.9. The molecule has 3 aliphatic carbocycles. The minimum absolute atomic E-state index is 0.168. The minimum Gasteiger partial charge on any atom is -0.444 e. The fourth-order valence-corrected chi connectivity index (χ4v) is 5.46. The predicted molar refractivity (Wildman–Crippen MR) is 73.0 cm³/mol. The van der Waals surface area contributed by atoms with Crippen LogP contribution in [0.1, 0.15) is 32.1 Å². The molecule has 0 aliphatic heterocycles. The molecule has 0 aromatic carbocycles. The quantitative estimate of drug-likeness (QED) is 0.452. The molecule has 3 rings (SSSR count). The molecule has 2 bridgehead atoms. The van der Waals surface area contributed by atoms with E-state index in [1.807, 2.05) is 0 Å². The highest BCUT2D eigenvalue weighted by Gasteiger charge is 2.67. The first-order valence-electron chi connectivity index (χ1n) is 7.96. The Morgan fingerprint density at radius 1 is 1.04 bits per heavy atom. The van der Waals surface area contributed by atoms with Gasteiger partial charge in [-0.05, 0) is 49.4 Å². The van der Waals surface area contributed by atoms with Crippen LogP contribution >= 0.6 is 0 Å². The standard InChI is InChI=1S/C14H17F5O5S/c15-13(16,17)12(14(18,19)25(21,22)23)24-11(20)10-5-6-4-9(10)8-3-1-2-7(6)8/h6-10,12H,1-5H2,(H,21,22,23). The Hall–Kier alpha value is -0.970. The maximum atomic E-state index is 13.5. The molecule has 0 radical (unpaired) electrons. The van der Waals surface area contributed by atoms with Gasteiger partial charge in [-0.25, -0.2) is 0 Å². The highest BCUT2D eigenvalue weighted by atomic mass is 32.2. The average Bonchev–Trinajstić information content (AvgIpc) is 3.12. The zero-order chi connectivity index (χ0) is 18.8. The summed E-state index contributed by atoms with van der Waals surface area (Å²) in [5, 5.41) is -5.67. The van der Waals surface area contributed by atoms with Crippen molar-refractivity contribution in [1.82, 2.24) is 0 Å². The van der Waals surface area contributed by atoms with E-state index < -0.39 is 39.5 Å². The normalized spacial score (nSPS) is 36.3. The third-order valence-corrected chi connectivity index (χ3v) is 6.81. The van der Waals surface area contributed by atoms with Gasteiger partial charge in [-0.1, -0.05) is 6.42 Å². The molecule has 0 saturated heterocycles. The van der Waals surface area contributed by atoms with Gasteiger partial charge in [0.2, 0.25) is 0 Å². The Labute approximate surface area is 140 Å². The van der Waals surface area contributed by atoms with Crippen molar-refractivity contribution < 1.29 is 44.5 Å². The number of esters is 1. The number of alkyl halides is 5. The number of fused-ring (bicyclic) bond motifs is 5. The molecule has 0 amide bonds. The SMILES string of the molecule is O=C(OC(C(F)(F)F)C(F)(F)S(=O)(=O)O)C1CC2CC1C1CCCC21. The largest absolute Gasteiger partial charge is 0.444 e. The molecule has 1 N–H and O–H groups in total. The van der Waals surface area contributed by atoms with Crippen molar-refractivity contribution in [1.29, 1.82) is 0 Å². The molecule has 3 aliphatic rings. The topological polar surface area (TPSA) is 80.7 Å². The maximum absolute atomic E-state index is 13.5. The molecule has 0 heterocycles. The van der Waals surface area contributed by atoms with E-state index in [1.165, 1.54) is 0 Å². The van der Waals surface area contributed by atoms with E-state index in [2.05, 4.69) is 4.74 Å². The number of ether oxygens (including phenoxy) is 1. The molecule has 11 heteroatoms. The molecule has 6 unspecified atom stereocenters. The fourth-order valence-electron chi connectivity index (χ4n) is 5.00. The number of halogens is 5. The third kappa shape index (κ3) is 3.02. The molecule has 6 atom stereocenters. The number of hydrogen-bond acceptors (Lipinski definition) is 4. The zero-order valence-corrected chi connectivity index (χ0v) is 13.7. The van der Waals surface area contributed by atoms with Crippen LogP contribution in [0.5, 0.6) is 0 Å². The molecular formula is C14H17F5O5S. The second-order valence-electron chi connectivity index (χ2n) is 7.16. The lowest BCUT2D eigenvalue weighted by atomic mass is 9.76. The van der Waals surface area contributed by atoms with Gasteiger partial charge >= 0.3 is 27.5 Å². The van der Waals surface area contributed by atoms with Crippen LogP contribution in [-0.2, 0) is 19.6 Å². The maximum Gasteiger partial charge on any atom is 0.432 e. The van der Waals surface area contributed by atoms with E-state index in [1.54, 1.807) is 0 Å². The Bertz CT molecular complexity index is 661. The van der Waals surface area contributed by atoms with E-state index in [4.69, 9.17) is 4.55 Å². The summed E-state index contributed by atoms with van der Waals surface area (Å²) in [6.45, 7) is 0. The summed E-state index contributed by atoms with van der Waals surface area (Å²) in [5.74, 6) is -1.84. The van der Waals surface area contributed by atoms with Gasteiger partial charge in [0, 0.05) is 0 Å². The molecule has 0 aromatic heterocycles. The summed E-state index contributed by atoms with van der Waals surface area (Å²) < 4.78 is 99.2. The second kappa shape index (κ2) is 5.77. The smallest absolute Gasteiger partial charge is 0.432 e. The van der Waals surface area contributed by atoms with Crippen LogP contribution in [0.2, 0.25) is 0 Å². The minimum atomic E-state index is -6.41. The Kier molecular flexibility index (Phi) is 4.34. The van der Waals surface area contributed by atoms with E-state index in [-0.39, 0.29) is 24.2 Å². The molecule has 144 valence electrons. The number of rotatable bonds is 4. The summed E-state index contributed by atoms with van der Waals surface area (Å²) in [4.78, 5) is 12.1. The van der Waals surface area contributed by atoms with Crippen LogP contribution in [0.25, 0.3) is 0 Å². The van der Waals surface area contributed by atoms with E-state index in [0.717, 1.165) is 19.3 Å². The highest BCUT2D eigenvalue weighted by Crippen LogP contribution is 2.61. The van der Waals surface area contributed by atoms with E-state index in [0.29, 0.717) is 12.3 Å². The molecule has 0 spiro atoms. The van der Waals surface area contributed by atoms with Crippen molar-refractivity contribution in [2.75, 3.05) is 0 Å². The summed E-state index contributed by atoms with van der Waals surface area (Å²) >= 11 is 0. The lowest BCUT2D eigenvalue weighted by Crippen LogP contribution is -2.53. The molecule has 3 saturated carbocycles. The summed E-state index contributed by atoms with van der Waals surface area (Å²) in [7, 11) is -6.41. The fraction of sp³-hybridized carbons (Fsp3) is 0.929. The van der Waals surface area contributed by atoms with Gasteiger partial charge in [-0.15, -0.1) is 0 Å². The van der Waals surface area contributed by atoms with Crippen LogP contribution in [0.15, 0.2) is 0 Å².